The second-order valence-electron chi connectivity index (χ2n) is 6.23. The normalized spacial score (nSPS) is 15.8. The first kappa shape index (κ1) is 15.7. The molecule has 0 bridgehead atoms. The zero-order valence-electron chi connectivity index (χ0n) is 13.1. The maximum atomic E-state index is 12.3. The molecular weight excluding hydrogens is 344 g/mol. The van der Waals surface area contributed by atoms with E-state index in [0.717, 1.165) is 55.5 Å². The fraction of sp³-hybridized carbons (Fsp3) is 0.353. The number of hydrogen-bond acceptors (Lipinski definition) is 4. The number of benzene rings is 1. The van der Waals surface area contributed by atoms with Crippen molar-refractivity contribution in [3.63, 3.8) is 0 Å². The van der Waals surface area contributed by atoms with Gasteiger partial charge in [0, 0.05) is 5.69 Å². The van der Waals surface area contributed by atoms with Crippen LogP contribution in [-0.4, -0.2) is 14.4 Å². The summed E-state index contributed by atoms with van der Waals surface area (Å²) in [5, 5.41) is 4.51. The molecule has 1 heterocycles. The zero-order chi connectivity index (χ0) is 16.7. The Kier molecular flexibility index (Phi) is 3.85. The van der Waals surface area contributed by atoms with Crippen molar-refractivity contribution < 1.29 is 13.2 Å². The Labute approximate surface area is 145 Å². The first-order chi connectivity index (χ1) is 11.5. The highest BCUT2D eigenvalue weighted by Crippen LogP contribution is 2.38. The predicted molar refractivity (Wildman–Crippen MR) is 94.2 cm³/mol. The Morgan fingerprint density at radius 1 is 1.04 bits per heavy atom. The molecular formula is C17H18N2O3S2. The number of carbonyl (C=O) groups is 1. The lowest BCUT2D eigenvalue weighted by Gasteiger charge is -2.16. The van der Waals surface area contributed by atoms with Crippen molar-refractivity contribution in [2.75, 3.05) is 5.32 Å². The van der Waals surface area contributed by atoms with Crippen LogP contribution in [0.1, 0.15) is 35.1 Å². The summed E-state index contributed by atoms with van der Waals surface area (Å²) in [5.41, 5.74) is 5.80. The highest BCUT2D eigenvalue weighted by molar-refractivity contribution is 7.92. The number of anilines is 1. The average molecular weight is 362 g/mol. The van der Waals surface area contributed by atoms with Crippen molar-refractivity contribution in [1.29, 1.82) is 0 Å². The summed E-state index contributed by atoms with van der Waals surface area (Å²) in [5.74, 6) is 0. The number of aryl methyl sites for hydroxylation is 2. The quantitative estimate of drug-likeness (QED) is 0.880. The van der Waals surface area contributed by atoms with E-state index in [4.69, 9.17) is 0 Å². The van der Waals surface area contributed by atoms with Crippen LogP contribution in [0.4, 0.5) is 10.5 Å². The lowest BCUT2D eigenvalue weighted by molar-refractivity contribution is 0.256. The average Bonchev–Trinajstić information content (AvgIpc) is 3.27. The molecule has 0 atom stereocenters. The third-order valence-corrected chi connectivity index (χ3v) is 7.43. The molecule has 0 spiro atoms. The number of rotatable bonds is 3. The molecule has 4 rings (SSSR count). The van der Waals surface area contributed by atoms with E-state index in [0.29, 0.717) is 0 Å². The SMILES string of the molecule is O=C(Nc1c2c(cc3c1CCC3)CCC2)NS(=O)(=O)c1cccs1. The molecule has 126 valence electrons. The van der Waals surface area contributed by atoms with Gasteiger partial charge in [0.05, 0.1) is 0 Å². The van der Waals surface area contributed by atoms with Crippen LogP contribution in [0.5, 0.6) is 0 Å². The Bertz CT molecular complexity index is 870. The minimum absolute atomic E-state index is 0.140. The van der Waals surface area contributed by atoms with E-state index < -0.39 is 16.1 Å². The zero-order valence-corrected chi connectivity index (χ0v) is 14.7. The molecule has 2 aromatic rings. The van der Waals surface area contributed by atoms with E-state index in [1.54, 1.807) is 11.4 Å². The molecule has 0 aliphatic heterocycles. The smallest absolute Gasteiger partial charge is 0.307 e. The third kappa shape index (κ3) is 2.71. The van der Waals surface area contributed by atoms with Gasteiger partial charge in [0.15, 0.2) is 0 Å². The molecule has 0 saturated heterocycles. The molecule has 2 aliphatic rings. The minimum atomic E-state index is -3.81. The van der Waals surface area contributed by atoms with E-state index in [1.165, 1.54) is 28.3 Å². The third-order valence-electron chi connectivity index (χ3n) is 4.70. The Balaban J connectivity index is 1.61. The fourth-order valence-corrected chi connectivity index (χ4v) is 5.60. The standard InChI is InChI=1S/C17H18N2O3S2/c20-17(19-24(21,22)15-8-3-9-23-15)18-16-13-6-1-4-11(13)10-12-5-2-7-14(12)16/h3,8-10H,1-2,4-7H2,(H2,18,19,20). The first-order valence-electron chi connectivity index (χ1n) is 8.08. The summed E-state index contributed by atoms with van der Waals surface area (Å²) in [6.07, 6.45) is 6.12. The number of thiophene rings is 1. The Morgan fingerprint density at radius 2 is 1.71 bits per heavy atom. The summed E-state index contributed by atoms with van der Waals surface area (Å²) < 4.78 is 26.7. The Hall–Kier alpha value is -1.86. The molecule has 2 N–H and O–H groups in total. The lowest BCUT2D eigenvalue weighted by atomic mass is 9.99. The number of sulfonamides is 1. The lowest BCUT2D eigenvalue weighted by Crippen LogP contribution is -2.34. The number of urea groups is 1. The van der Waals surface area contributed by atoms with Crippen molar-refractivity contribution in [1.82, 2.24) is 4.72 Å². The molecule has 0 radical (unpaired) electrons. The van der Waals surface area contributed by atoms with Crippen LogP contribution in [0, 0.1) is 0 Å². The molecule has 2 aliphatic carbocycles. The van der Waals surface area contributed by atoms with Gasteiger partial charge in [0.25, 0.3) is 10.0 Å². The summed E-state index contributed by atoms with van der Waals surface area (Å²) in [6, 6.07) is 4.72. The predicted octanol–water partition coefficient (Wildman–Crippen LogP) is 3.24. The van der Waals surface area contributed by atoms with Crippen molar-refractivity contribution in [3.8, 4) is 0 Å². The second kappa shape index (κ2) is 5.89. The first-order valence-corrected chi connectivity index (χ1v) is 10.4. The molecule has 1 aromatic carbocycles. The van der Waals surface area contributed by atoms with E-state index >= 15 is 0 Å². The molecule has 1 aromatic heterocycles. The topological polar surface area (TPSA) is 75.3 Å². The molecule has 0 unspecified atom stereocenters. The van der Waals surface area contributed by atoms with Crippen molar-refractivity contribution in [3.05, 3.63) is 45.8 Å². The van der Waals surface area contributed by atoms with Gasteiger partial charge in [0.1, 0.15) is 4.21 Å². The van der Waals surface area contributed by atoms with Gasteiger partial charge in [0.2, 0.25) is 0 Å². The minimum Gasteiger partial charge on any atom is -0.307 e. The van der Waals surface area contributed by atoms with Crippen LogP contribution in [0.2, 0.25) is 0 Å². The second-order valence-corrected chi connectivity index (χ2v) is 9.08. The van der Waals surface area contributed by atoms with Gasteiger partial charge in [-0.2, -0.15) is 0 Å². The van der Waals surface area contributed by atoms with Crippen LogP contribution in [-0.2, 0) is 35.7 Å². The van der Waals surface area contributed by atoms with E-state index in [9.17, 15) is 13.2 Å². The summed E-state index contributed by atoms with van der Waals surface area (Å²) in [6.45, 7) is 0. The molecule has 24 heavy (non-hydrogen) atoms. The maximum Gasteiger partial charge on any atom is 0.333 e. The van der Waals surface area contributed by atoms with Crippen LogP contribution in [0.15, 0.2) is 27.8 Å². The van der Waals surface area contributed by atoms with Crippen molar-refractivity contribution >= 4 is 33.1 Å². The summed E-state index contributed by atoms with van der Waals surface area (Å²) >= 11 is 1.09. The maximum absolute atomic E-state index is 12.3. The van der Waals surface area contributed by atoms with Crippen LogP contribution in [0.3, 0.4) is 0 Å². The highest BCUT2D eigenvalue weighted by Gasteiger charge is 2.26. The van der Waals surface area contributed by atoms with Gasteiger partial charge in [-0.05, 0) is 72.2 Å². The monoisotopic (exact) mass is 362 g/mol. The van der Waals surface area contributed by atoms with Gasteiger partial charge in [-0.3, -0.25) is 0 Å². The van der Waals surface area contributed by atoms with Crippen molar-refractivity contribution in [2.24, 2.45) is 0 Å². The van der Waals surface area contributed by atoms with Gasteiger partial charge in [-0.15, -0.1) is 11.3 Å². The van der Waals surface area contributed by atoms with Crippen LogP contribution >= 0.6 is 11.3 Å². The Morgan fingerprint density at radius 3 is 2.29 bits per heavy atom. The molecule has 2 amide bonds. The number of nitrogens with one attached hydrogen (secondary N) is 2. The van der Waals surface area contributed by atoms with Crippen molar-refractivity contribution in [2.45, 2.75) is 42.7 Å². The number of fused-ring (bicyclic) bond motifs is 2. The molecule has 5 nitrogen and oxygen atoms in total. The van der Waals surface area contributed by atoms with Gasteiger partial charge < -0.3 is 5.32 Å². The fourth-order valence-electron chi connectivity index (χ4n) is 3.69. The van der Waals surface area contributed by atoms with E-state index in [2.05, 4.69) is 16.1 Å². The summed E-state index contributed by atoms with van der Waals surface area (Å²) in [4.78, 5) is 12.3. The number of carbonyl (C=O) groups excluding carboxylic acids is 1. The molecule has 0 fully saturated rings. The van der Waals surface area contributed by atoms with E-state index in [1.807, 2.05) is 0 Å². The largest absolute Gasteiger partial charge is 0.333 e. The number of hydrogen-bond donors (Lipinski definition) is 2. The summed E-state index contributed by atoms with van der Waals surface area (Å²) in [7, 11) is -3.81. The molecule has 0 saturated carbocycles. The van der Waals surface area contributed by atoms with E-state index in [-0.39, 0.29) is 4.21 Å². The van der Waals surface area contributed by atoms with Gasteiger partial charge in [-0.1, -0.05) is 12.1 Å². The van der Waals surface area contributed by atoms with Gasteiger partial charge in [-0.25, -0.2) is 17.9 Å². The van der Waals surface area contributed by atoms with Crippen LogP contribution in [0.25, 0.3) is 0 Å². The van der Waals surface area contributed by atoms with Crippen LogP contribution < -0.4 is 10.0 Å². The molecule has 7 heteroatoms. The number of amides is 2. The van der Waals surface area contributed by atoms with Gasteiger partial charge >= 0.3 is 6.03 Å². The highest BCUT2D eigenvalue weighted by atomic mass is 32.2.